The molecule has 0 heteroatoms. The van der Waals surface area contributed by atoms with Crippen LogP contribution in [0.3, 0.4) is 0 Å². The minimum absolute atomic E-state index is 0.506. The zero-order valence-electron chi connectivity index (χ0n) is 9.65. The molecule has 0 amide bonds. The molecule has 0 aliphatic heterocycles. The lowest BCUT2D eigenvalue weighted by atomic mass is 9.58. The molecule has 4 aliphatic rings. The molecule has 74 valence electrons. The Morgan fingerprint density at radius 1 is 1.00 bits per heavy atom. The smallest absolute Gasteiger partial charge is 0.0189 e. The van der Waals surface area contributed by atoms with Crippen molar-refractivity contribution in [1.29, 1.82) is 0 Å². The Balaban J connectivity index is 2.11. The Hall–Kier alpha value is 0. The highest BCUT2D eigenvalue weighted by molar-refractivity contribution is 5.30. The number of hydrogen-bond acceptors (Lipinski definition) is 0. The molecule has 0 radical (unpaired) electrons. The third-order valence-electron chi connectivity index (χ3n) is 6.49. The fraction of sp³-hybridized carbons (Fsp3) is 1.00. The van der Waals surface area contributed by atoms with Crippen molar-refractivity contribution in [2.75, 3.05) is 0 Å². The lowest BCUT2D eigenvalue weighted by Gasteiger charge is -2.46. The molecule has 13 heavy (non-hydrogen) atoms. The van der Waals surface area contributed by atoms with Crippen LogP contribution in [0, 0.1) is 34.0 Å². The topological polar surface area (TPSA) is 0 Å². The minimum atomic E-state index is 0.506. The Morgan fingerprint density at radius 3 is 1.62 bits per heavy atom. The van der Waals surface area contributed by atoms with Crippen LogP contribution in [0.2, 0.25) is 0 Å². The summed E-state index contributed by atoms with van der Waals surface area (Å²) in [7, 11) is 0. The summed E-state index contributed by atoms with van der Waals surface area (Å²) >= 11 is 0. The summed E-state index contributed by atoms with van der Waals surface area (Å²) < 4.78 is 0. The van der Waals surface area contributed by atoms with Crippen LogP contribution in [0.25, 0.3) is 0 Å². The van der Waals surface area contributed by atoms with Crippen LogP contribution in [0.4, 0.5) is 0 Å². The average Bonchev–Trinajstić information content (AvgIpc) is 2.39. The Labute approximate surface area is 82.1 Å². The van der Waals surface area contributed by atoms with Gasteiger partial charge in [-0.15, -0.1) is 0 Å². The summed E-state index contributed by atoms with van der Waals surface area (Å²) in [5.41, 5.74) is 1.87. The SMILES string of the molecule is CC(C)(C)C1(C)C2CC3C(C2)C31C. The van der Waals surface area contributed by atoms with Crippen molar-refractivity contribution in [1.82, 2.24) is 0 Å². The maximum Gasteiger partial charge on any atom is -0.0189 e. The van der Waals surface area contributed by atoms with E-state index in [0.717, 1.165) is 23.2 Å². The molecule has 0 nitrogen and oxygen atoms in total. The Bertz CT molecular complexity index is 258. The number of rotatable bonds is 0. The maximum absolute atomic E-state index is 2.57. The van der Waals surface area contributed by atoms with Crippen molar-refractivity contribution in [3.05, 3.63) is 0 Å². The van der Waals surface area contributed by atoms with E-state index in [0.29, 0.717) is 10.8 Å². The zero-order chi connectivity index (χ0) is 9.65. The van der Waals surface area contributed by atoms with E-state index < -0.39 is 0 Å². The average molecular weight is 178 g/mol. The monoisotopic (exact) mass is 178 g/mol. The first kappa shape index (κ1) is 8.32. The van der Waals surface area contributed by atoms with Gasteiger partial charge in [0.1, 0.15) is 0 Å². The quantitative estimate of drug-likeness (QED) is 0.530. The fourth-order valence-electron chi connectivity index (χ4n) is 5.33. The van der Waals surface area contributed by atoms with Crippen molar-refractivity contribution >= 4 is 0 Å². The number of hydrogen-bond donors (Lipinski definition) is 0. The van der Waals surface area contributed by atoms with Gasteiger partial charge < -0.3 is 0 Å². The fourth-order valence-corrected chi connectivity index (χ4v) is 5.33. The highest BCUT2D eigenvalue weighted by Crippen LogP contribution is 2.89. The second-order valence-corrected chi connectivity index (χ2v) is 7.12. The highest BCUT2D eigenvalue weighted by atomic mass is 14.9. The first-order chi connectivity index (χ1) is 5.83. The van der Waals surface area contributed by atoms with Gasteiger partial charge in [-0.1, -0.05) is 34.6 Å². The van der Waals surface area contributed by atoms with Gasteiger partial charge in [-0.2, -0.15) is 0 Å². The van der Waals surface area contributed by atoms with Gasteiger partial charge >= 0.3 is 0 Å². The van der Waals surface area contributed by atoms with Crippen LogP contribution < -0.4 is 0 Å². The van der Waals surface area contributed by atoms with Crippen LogP contribution >= 0.6 is 0 Å². The third-order valence-corrected chi connectivity index (χ3v) is 6.49. The van der Waals surface area contributed by atoms with Crippen LogP contribution in [0.1, 0.15) is 47.5 Å². The van der Waals surface area contributed by atoms with E-state index in [2.05, 4.69) is 34.6 Å². The standard InChI is InChI=1S/C13H22/c1-11(2,3)13(5)8-6-9-10(7-8)12(9,13)4/h8-10H,6-7H2,1-5H3. The summed E-state index contributed by atoms with van der Waals surface area (Å²) in [4.78, 5) is 0. The second-order valence-electron chi connectivity index (χ2n) is 7.12. The van der Waals surface area contributed by atoms with Crippen molar-refractivity contribution in [2.24, 2.45) is 34.0 Å². The molecule has 0 aromatic rings. The van der Waals surface area contributed by atoms with Crippen LogP contribution in [-0.4, -0.2) is 0 Å². The normalized spacial score (nSPS) is 63.0. The van der Waals surface area contributed by atoms with Gasteiger partial charge in [0, 0.05) is 0 Å². The molecule has 4 rings (SSSR count). The predicted molar refractivity (Wildman–Crippen MR) is 55.4 cm³/mol. The second kappa shape index (κ2) is 1.73. The lowest BCUT2D eigenvalue weighted by molar-refractivity contribution is 0.0194. The van der Waals surface area contributed by atoms with E-state index in [4.69, 9.17) is 0 Å². The molecule has 0 N–H and O–H groups in total. The molecule has 4 fully saturated rings. The summed E-state index contributed by atoms with van der Waals surface area (Å²) in [5.74, 6) is 3.27. The van der Waals surface area contributed by atoms with Gasteiger partial charge in [0.15, 0.2) is 0 Å². The molecule has 4 aliphatic carbocycles. The minimum Gasteiger partial charge on any atom is -0.0596 e. The van der Waals surface area contributed by atoms with E-state index in [1.807, 2.05) is 0 Å². The molecule has 0 saturated heterocycles. The summed E-state index contributed by atoms with van der Waals surface area (Å²) in [6.45, 7) is 12.5. The molecule has 0 aromatic heterocycles. The summed E-state index contributed by atoms with van der Waals surface area (Å²) in [6, 6.07) is 0. The van der Waals surface area contributed by atoms with E-state index in [-0.39, 0.29) is 0 Å². The molecule has 4 saturated carbocycles. The van der Waals surface area contributed by atoms with Gasteiger partial charge in [-0.25, -0.2) is 0 Å². The predicted octanol–water partition coefficient (Wildman–Crippen LogP) is 3.71. The van der Waals surface area contributed by atoms with Crippen molar-refractivity contribution in [2.45, 2.75) is 47.5 Å². The molecule has 3 unspecified atom stereocenters. The Kier molecular flexibility index (Phi) is 1.10. The van der Waals surface area contributed by atoms with Crippen LogP contribution in [-0.2, 0) is 0 Å². The van der Waals surface area contributed by atoms with Gasteiger partial charge in [-0.05, 0) is 46.8 Å². The molecule has 0 spiro atoms. The van der Waals surface area contributed by atoms with E-state index in [1.54, 1.807) is 12.8 Å². The van der Waals surface area contributed by atoms with Gasteiger partial charge in [0.2, 0.25) is 0 Å². The molecule has 4 bridgehead atoms. The highest BCUT2D eigenvalue weighted by Gasteiger charge is 2.83. The van der Waals surface area contributed by atoms with Crippen molar-refractivity contribution in [3.8, 4) is 0 Å². The Morgan fingerprint density at radius 2 is 1.46 bits per heavy atom. The van der Waals surface area contributed by atoms with Crippen LogP contribution in [0.5, 0.6) is 0 Å². The van der Waals surface area contributed by atoms with E-state index in [1.165, 1.54) is 0 Å². The summed E-state index contributed by atoms with van der Waals surface area (Å²) in [5, 5.41) is 0. The molecule has 0 heterocycles. The van der Waals surface area contributed by atoms with Crippen molar-refractivity contribution in [3.63, 3.8) is 0 Å². The third kappa shape index (κ3) is 0.567. The van der Waals surface area contributed by atoms with Crippen LogP contribution in [0.15, 0.2) is 0 Å². The molecule has 0 aromatic carbocycles. The van der Waals surface area contributed by atoms with E-state index in [9.17, 15) is 0 Å². The molecular weight excluding hydrogens is 156 g/mol. The van der Waals surface area contributed by atoms with Gasteiger partial charge in [0.05, 0.1) is 0 Å². The zero-order valence-corrected chi connectivity index (χ0v) is 9.65. The van der Waals surface area contributed by atoms with Gasteiger partial charge in [0.25, 0.3) is 0 Å². The maximum atomic E-state index is 2.57. The summed E-state index contributed by atoms with van der Waals surface area (Å²) in [6.07, 6.45) is 3.10. The van der Waals surface area contributed by atoms with E-state index >= 15 is 0 Å². The molecule has 3 atom stereocenters. The van der Waals surface area contributed by atoms with Gasteiger partial charge in [-0.3, -0.25) is 0 Å². The first-order valence-electron chi connectivity index (χ1n) is 5.83. The van der Waals surface area contributed by atoms with Crippen molar-refractivity contribution < 1.29 is 0 Å². The first-order valence-corrected chi connectivity index (χ1v) is 5.83. The lowest BCUT2D eigenvalue weighted by Crippen LogP contribution is -2.40. The largest absolute Gasteiger partial charge is 0.0596 e. The molecular formula is C13H22.